The number of benzene rings is 1. The van der Waals surface area contributed by atoms with Crippen molar-refractivity contribution >= 4 is 16.8 Å². The number of aromatic nitrogens is 5. The third kappa shape index (κ3) is 3.60. The molecule has 1 amide bonds. The molecule has 1 aromatic carbocycles. The van der Waals surface area contributed by atoms with E-state index in [1.807, 2.05) is 67.6 Å². The van der Waals surface area contributed by atoms with Crippen LogP contribution in [0.4, 0.5) is 0 Å². The lowest BCUT2D eigenvalue weighted by Crippen LogP contribution is -2.27. The number of amides is 1. The number of para-hydroxylation sites is 1. The number of pyridine rings is 1. The van der Waals surface area contributed by atoms with Crippen LogP contribution in [-0.4, -0.2) is 42.4 Å². The van der Waals surface area contributed by atoms with Crippen LogP contribution in [0.3, 0.4) is 0 Å². The molecule has 0 aliphatic carbocycles. The summed E-state index contributed by atoms with van der Waals surface area (Å²) in [6.45, 7) is 9.45. The Balaban J connectivity index is 1.77. The summed E-state index contributed by atoms with van der Waals surface area (Å²) in [5, 5.41) is 9.78. The van der Waals surface area contributed by atoms with Crippen LogP contribution in [0.5, 0.6) is 0 Å². The van der Waals surface area contributed by atoms with Gasteiger partial charge in [0.15, 0.2) is 0 Å². The quantitative estimate of drug-likeness (QED) is 0.492. The number of hydrogen-bond acceptors (Lipinski definition) is 4. The topological polar surface area (TPSA) is 68.8 Å². The molecule has 0 atom stereocenters. The van der Waals surface area contributed by atoms with Crippen LogP contribution < -0.4 is 0 Å². The SMILES string of the molecule is CCn1nc(C)c(CN(C)C(=O)c2cc(-c3cnn(C)c3C)nc3ccccc23)c1C. The summed E-state index contributed by atoms with van der Waals surface area (Å²) in [7, 11) is 3.75. The van der Waals surface area contributed by atoms with E-state index < -0.39 is 0 Å². The maximum absolute atomic E-state index is 13.6. The van der Waals surface area contributed by atoms with Crippen molar-refractivity contribution in [1.29, 1.82) is 0 Å². The molecule has 0 saturated heterocycles. The first-order chi connectivity index (χ1) is 14.8. The number of fused-ring (bicyclic) bond motifs is 1. The minimum Gasteiger partial charge on any atom is -0.337 e. The summed E-state index contributed by atoms with van der Waals surface area (Å²) in [4.78, 5) is 20.2. The first-order valence-electron chi connectivity index (χ1n) is 10.5. The van der Waals surface area contributed by atoms with Gasteiger partial charge >= 0.3 is 0 Å². The number of carbonyl (C=O) groups excluding carboxylic acids is 1. The molecule has 0 unspecified atom stereocenters. The standard InChI is InChI=1S/C24H28N6O/c1-7-30-17(4)21(15(2)27-30)14-28(5)24(31)19-12-23(20-13-25-29(6)16(20)3)26-22-11-9-8-10-18(19)22/h8-13H,7,14H2,1-6H3. The lowest BCUT2D eigenvalue weighted by atomic mass is 10.0. The monoisotopic (exact) mass is 416 g/mol. The second-order valence-electron chi connectivity index (χ2n) is 7.97. The summed E-state index contributed by atoms with van der Waals surface area (Å²) >= 11 is 0. The molecule has 3 aromatic heterocycles. The van der Waals surface area contributed by atoms with Gasteiger partial charge in [-0.25, -0.2) is 4.98 Å². The Morgan fingerprint density at radius 1 is 1.13 bits per heavy atom. The predicted octanol–water partition coefficient (Wildman–Crippen LogP) is 4.05. The smallest absolute Gasteiger partial charge is 0.254 e. The lowest BCUT2D eigenvalue weighted by Gasteiger charge is -2.19. The summed E-state index contributed by atoms with van der Waals surface area (Å²) in [5.74, 6) is -0.0376. The van der Waals surface area contributed by atoms with Gasteiger partial charge < -0.3 is 4.90 Å². The predicted molar refractivity (Wildman–Crippen MR) is 122 cm³/mol. The number of rotatable bonds is 5. The summed E-state index contributed by atoms with van der Waals surface area (Å²) in [5.41, 5.74) is 7.30. The molecule has 0 aliphatic rings. The second kappa shape index (κ2) is 7.98. The molecular formula is C24H28N6O. The van der Waals surface area contributed by atoms with Crippen molar-refractivity contribution < 1.29 is 4.79 Å². The van der Waals surface area contributed by atoms with E-state index in [1.54, 1.807) is 11.1 Å². The highest BCUT2D eigenvalue weighted by Crippen LogP contribution is 2.28. The molecule has 3 heterocycles. The van der Waals surface area contributed by atoms with Gasteiger partial charge in [-0.15, -0.1) is 0 Å². The second-order valence-corrected chi connectivity index (χ2v) is 7.97. The molecule has 31 heavy (non-hydrogen) atoms. The Labute approximate surface area is 182 Å². The maximum Gasteiger partial charge on any atom is 0.254 e. The molecule has 160 valence electrons. The average molecular weight is 417 g/mol. The fourth-order valence-electron chi connectivity index (χ4n) is 4.03. The normalized spacial score (nSPS) is 11.3. The molecule has 0 aliphatic heterocycles. The van der Waals surface area contributed by atoms with E-state index in [2.05, 4.69) is 24.0 Å². The van der Waals surface area contributed by atoms with Crippen molar-refractivity contribution in [1.82, 2.24) is 29.4 Å². The highest BCUT2D eigenvalue weighted by Gasteiger charge is 2.21. The molecule has 7 heteroatoms. The maximum atomic E-state index is 13.6. The Morgan fingerprint density at radius 2 is 1.87 bits per heavy atom. The number of nitrogens with zero attached hydrogens (tertiary/aromatic N) is 6. The van der Waals surface area contributed by atoms with E-state index in [9.17, 15) is 4.79 Å². The van der Waals surface area contributed by atoms with Crippen LogP contribution in [-0.2, 0) is 20.1 Å². The number of hydrogen-bond donors (Lipinski definition) is 0. The van der Waals surface area contributed by atoms with E-state index in [0.29, 0.717) is 12.1 Å². The van der Waals surface area contributed by atoms with E-state index in [4.69, 9.17) is 4.98 Å². The highest BCUT2D eigenvalue weighted by molar-refractivity contribution is 6.07. The van der Waals surface area contributed by atoms with E-state index in [0.717, 1.165) is 51.4 Å². The molecule has 0 N–H and O–H groups in total. The number of carbonyl (C=O) groups is 1. The van der Waals surface area contributed by atoms with Gasteiger partial charge in [0.25, 0.3) is 5.91 Å². The molecule has 0 fully saturated rings. The van der Waals surface area contributed by atoms with Gasteiger partial charge in [-0.2, -0.15) is 10.2 Å². The Bertz CT molecular complexity index is 1280. The van der Waals surface area contributed by atoms with Crippen molar-refractivity contribution in [2.45, 2.75) is 40.8 Å². The van der Waals surface area contributed by atoms with Gasteiger partial charge in [-0.3, -0.25) is 14.2 Å². The van der Waals surface area contributed by atoms with Crippen LogP contribution in [0.25, 0.3) is 22.2 Å². The van der Waals surface area contributed by atoms with Crippen LogP contribution in [0.15, 0.2) is 36.5 Å². The first-order valence-corrected chi connectivity index (χ1v) is 10.5. The molecule has 0 radical (unpaired) electrons. The average Bonchev–Trinajstić information content (AvgIpc) is 3.25. The minimum absolute atomic E-state index is 0.0376. The Hall–Kier alpha value is -3.48. The van der Waals surface area contributed by atoms with Crippen molar-refractivity contribution in [3.63, 3.8) is 0 Å². The van der Waals surface area contributed by atoms with E-state index in [1.165, 1.54) is 0 Å². The minimum atomic E-state index is -0.0376. The first kappa shape index (κ1) is 20.8. The van der Waals surface area contributed by atoms with Crippen LogP contribution in [0.1, 0.15) is 39.9 Å². The van der Waals surface area contributed by atoms with Gasteiger partial charge in [0, 0.05) is 55.1 Å². The zero-order valence-electron chi connectivity index (χ0n) is 19.0. The zero-order valence-corrected chi connectivity index (χ0v) is 19.0. The Morgan fingerprint density at radius 3 is 2.52 bits per heavy atom. The zero-order chi connectivity index (χ0) is 22.3. The summed E-state index contributed by atoms with van der Waals surface area (Å²) < 4.78 is 3.80. The van der Waals surface area contributed by atoms with Gasteiger partial charge in [-0.1, -0.05) is 18.2 Å². The largest absolute Gasteiger partial charge is 0.337 e. The van der Waals surface area contributed by atoms with Gasteiger partial charge in [-0.05, 0) is 39.8 Å². The van der Waals surface area contributed by atoms with Crippen LogP contribution in [0, 0.1) is 20.8 Å². The van der Waals surface area contributed by atoms with Gasteiger partial charge in [0.1, 0.15) is 0 Å². The van der Waals surface area contributed by atoms with E-state index in [-0.39, 0.29) is 5.91 Å². The van der Waals surface area contributed by atoms with Crippen molar-refractivity contribution in [3.05, 3.63) is 64.7 Å². The molecule has 0 bridgehead atoms. The van der Waals surface area contributed by atoms with Crippen LogP contribution >= 0.6 is 0 Å². The van der Waals surface area contributed by atoms with Gasteiger partial charge in [0.05, 0.1) is 28.7 Å². The molecule has 4 aromatic rings. The summed E-state index contributed by atoms with van der Waals surface area (Å²) in [6, 6.07) is 9.67. The third-order valence-corrected chi connectivity index (χ3v) is 6.03. The molecular weight excluding hydrogens is 388 g/mol. The summed E-state index contributed by atoms with van der Waals surface area (Å²) in [6.07, 6.45) is 1.80. The van der Waals surface area contributed by atoms with Crippen LogP contribution in [0.2, 0.25) is 0 Å². The third-order valence-electron chi connectivity index (χ3n) is 6.03. The van der Waals surface area contributed by atoms with E-state index >= 15 is 0 Å². The molecule has 7 nitrogen and oxygen atoms in total. The lowest BCUT2D eigenvalue weighted by molar-refractivity contribution is 0.0786. The fraction of sp³-hybridized carbons (Fsp3) is 0.333. The number of aryl methyl sites for hydroxylation is 3. The fourth-order valence-corrected chi connectivity index (χ4v) is 4.03. The molecule has 0 saturated carbocycles. The van der Waals surface area contributed by atoms with Crippen molar-refractivity contribution in [2.75, 3.05) is 7.05 Å². The van der Waals surface area contributed by atoms with Crippen molar-refractivity contribution in [3.8, 4) is 11.3 Å². The highest BCUT2D eigenvalue weighted by atomic mass is 16.2. The Kier molecular flexibility index (Phi) is 5.35. The molecule has 4 rings (SSSR count). The van der Waals surface area contributed by atoms with Crippen molar-refractivity contribution in [2.24, 2.45) is 7.05 Å². The van der Waals surface area contributed by atoms with Gasteiger partial charge in [0.2, 0.25) is 0 Å². The molecule has 0 spiro atoms.